The van der Waals surface area contributed by atoms with Gasteiger partial charge in [0.15, 0.2) is 6.61 Å². The highest BCUT2D eigenvalue weighted by molar-refractivity contribution is 5.85. The van der Waals surface area contributed by atoms with E-state index in [2.05, 4.69) is 10.1 Å². The van der Waals surface area contributed by atoms with Crippen molar-refractivity contribution in [2.45, 2.75) is 32.4 Å². The molecule has 2 aromatic rings. The Hall–Kier alpha value is -1.66. The van der Waals surface area contributed by atoms with Crippen molar-refractivity contribution in [2.24, 2.45) is 5.73 Å². The summed E-state index contributed by atoms with van der Waals surface area (Å²) in [6.45, 7) is 3.91. The van der Waals surface area contributed by atoms with Crippen LogP contribution in [0.5, 0.6) is 5.75 Å². The van der Waals surface area contributed by atoms with Gasteiger partial charge in [-0.1, -0.05) is 18.1 Å². The fourth-order valence-corrected chi connectivity index (χ4v) is 1.44. The molecule has 0 fully saturated rings. The average molecular weight is 302 g/mol. The largest absolute Gasteiger partial charge is 0.485 e. The first-order valence-electron chi connectivity index (χ1n) is 6.02. The number of rotatable bonds is 5. The van der Waals surface area contributed by atoms with E-state index in [9.17, 15) is 4.39 Å². The molecule has 0 saturated heterocycles. The number of hydrogen-bond acceptors (Lipinski definition) is 5. The van der Waals surface area contributed by atoms with Gasteiger partial charge in [-0.3, -0.25) is 0 Å². The first kappa shape index (κ1) is 16.4. The molecular formula is C13H17ClFN3O2. The minimum atomic E-state index is -0.350. The highest BCUT2D eigenvalue weighted by atomic mass is 35.5. The first-order chi connectivity index (χ1) is 9.06. The van der Waals surface area contributed by atoms with E-state index >= 15 is 0 Å². The molecule has 2 N–H and O–H groups in total. The van der Waals surface area contributed by atoms with Gasteiger partial charge in [-0.15, -0.1) is 12.4 Å². The molecule has 5 nitrogen and oxygen atoms in total. The molecule has 0 amide bonds. The van der Waals surface area contributed by atoms with Crippen LogP contribution in [0.1, 0.15) is 31.5 Å². The second-order valence-electron chi connectivity index (χ2n) is 4.44. The van der Waals surface area contributed by atoms with Crippen LogP contribution in [0.15, 0.2) is 28.8 Å². The maximum Gasteiger partial charge on any atom is 0.231 e. The summed E-state index contributed by atoms with van der Waals surface area (Å²) in [5.74, 6) is 0.943. The quantitative estimate of drug-likeness (QED) is 0.919. The van der Waals surface area contributed by atoms with Gasteiger partial charge in [-0.2, -0.15) is 4.98 Å². The van der Waals surface area contributed by atoms with E-state index in [1.54, 1.807) is 12.1 Å². The van der Waals surface area contributed by atoms with Crippen LogP contribution in [0.25, 0.3) is 0 Å². The maximum atomic E-state index is 12.9. The van der Waals surface area contributed by atoms with Crippen LogP contribution in [0.3, 0.4) is 0 Å². The van der Waals surface area contributed by atoms with Crippen LogP contribution in [0.2, 0.25) is 0 Å². The summed E-state index contributed by atoms with van der Waals surface area (Å²) in [4.78, 5) is 4.19. The summed E-state index contributed by atoms with van der Waals surface area (Å²) in [5, 5.41) is 3.80. The number of nitrogens with zero attached hydrogens (tertiary/aromatic N) is 2. The third kappa shape index (κ3) is 4.18. The van der Waals surface area contributed by atoms with Gasteiger partial charge < -0.3 is 15.0 Å². The van der Waals surface area contributed by atoms with E-state index in [0.717, 1.165) is 0 Å². The summed E-state index contributed by atoms with van der Waals surface area (Å²) < 4.78 is 23.4. The van der Waals surface area contributed by atoms with Crippen molar-refractivity contribution in [3.05, 3.63) is 41.8 Å². The van der Waals surface area contributed by atoms with E-state index in [1.165, 1.54) is 12.1 Å². The van der Waals surface area contributed by atoms with Crippen LogP contribution in [0.4, 0.5) is 4.39 Å². The highest BCUT2D eigenvalue weighted by Crippen LogP contribution is 2.17. The van der Waals surface area contributed by atoms with Crippen LogP contribution in [-0.4, -0.2) is 16.2 Å². The molecule has 2 atom stereocenters. The third-order valence-electron chi connectivity index (χ3n) is 2.83. The molecule has 110 valence electrons. The number of ether oxygens (including phenoxy) is 1. The molecule has 2 rings (SSSR count). The van der Waals surface area contributed by atoms with Crippen molar-refractivity contribution in [2.75, 3.05) is 0 Å². The van der Waals surface area contributed by atoms with Gasteiger partial charge in [0.25, 0.3) is 0 Å². The van der Waals surface area contributed by atoms with Crippen LogP contribution in [0, 0.1) is 5.82 Å². The molecule has 7 heteroatoms. The van der Waals surface area contributed by atoms with Crippen LogP contribution in [-0.2, 0) is 6.61 Å². The zero-order valence-electron chi connectivity index (χ0n) is 11.2. The fraction of sp³-hybridized carbons (Fsp3) is 0.385. The van der Waals surface area contributed by atoms with Gasteiger partial charge in [0.05, 0.1) is 5.92 Å². The molecule has 1 aromatic carbocycles. The third-order valence-corrected chi connectivity index (χ3v) is 2.83. The van der Waals surface area contributed by atoms with Crippen LogP contribution >= 0.6 is 12.4 Å². The number of benzene rings is 1. The monoisotopic (exact) mass is 301 g/mol. The second kappa shape index (κ2) is 7.21. The summed E-state index contributed by atoms with van der Waals surface area (Å²) in [6.07, 6.45) is 0. The molecule has 0 aliphatic heterocycles. The minimum absolute atomic E-state index is 0. The average Bonchev–Trinajstić information content (AvgIpc) is 2.84. The lowest BCUT2D eigenvalue weighted by Crippen LogP contribution is -2.22. The molecule has 0 aliphatic rings. The lowest BCUT2D eigenvalue weighted by Gasteiger charge is -2.09. The van der Waals surface area contributed by atoms with E-state index in [-0.39, 0.29) is 36.8 Å². The summed E-state index contributed by atoms with van der Waals surface area (Å²) >= 11 is 0. The topological polar surface area (TPSA) is 74.2 Å². The van der Waals surface area contributed by atoms with Gasteiger partial charge >= 0.3 is 0 Å². The summed E-state index contributed by atoms with van der Waals surface area (Å²) in [7, 11) is 0. The molecule has 0 aliphatic carbocycles. The Kier molecular flexibility index (Phi) is 5.91. The molecule has 1 heterocycles. The number of halogens is 2. The Morgan fingerprint density at radius 3 is 2.80 bits per heavy atom. The molecule has 1 aromatic heterocycles. The highest BCUT2D eigenvalue weighted by Gasteiger charge is 2.17. The lowest BCUT2D eigenvalue weighted by molar-refractivity contribution is 0.282. The van der Waals surface area contributed by atoms with E-state index in [0.29, 0.717) is 17.5 Å². The van der Waals surface area contributed by atoms with E-state index < -0.39 is 0 Å². The smallest absolute Gasteiger partial charge is 0.231 e. The standard InChI is InChI=1S/C13H16FN3O2.ClH/c1-8(9(2)15)13-16-12(17-19-13)7-18-11-5-3-4-10(14)6-11;/h3-6,8-9H,7,15H2,1-2H3;1H. The minimum Gasteiger partial charge on any atom is -0.485 e. The molecule has 0 spiro atoms. The fourth-order valence-electron chi connectivity index (χ4n) is 1.44. The van der Waals surface area contributed by atoms with Crippen molar-refractivity contribution in [3.63, 3.8) is 0 Å². The summed E-state index contributed by atoms with van der Waals surface area (Å²) in [6, 6.07) is 5.81. The van der Waals surface area contributed by atoms with Crippen molar-refractivity contribution < 1.29 is 13.7 Å². The molecule has 20 heavy (non-hydrogen) atoms. The Bertz CT molecular complexity index is 548. The van der Waals surface area contributed by atoms with Gasteiger partial charge in [0.1, 0.15) is 11.6 Å². The van der Waals surface area contributed by atoms with Crippen molar-refractivity contribution in [3.8, 4) is 5.75 Å². The van der Waals surface area contributed by atoms with E-state index in [4.69, 9.17) is 15.0 Å². The van der Waals surface area contributed by atoms with Crippen LogP contribution < -0.4 is 10.5 Å². The SMILES string of the molecule is CC(N)C(C)c1nc(COc2cccc(F)c2)no1.Cl. The van der Waals surface area contributed by atoms with Gasteiger partial charge in [0, 0.05) is 12.1 Å². The first-order valence-corrected chi connectivity index (χ1v) is 6.02. The Morgan fingerprint density at radius 2 is 2.15 bits per heavy atom. The van der Waals surface area contributed by atoms with Crippen molar-refractivity contribution in [1.82, 2.24) is 10.1 Å². The molecule has 0 saturated carbocycles. The van der Waals surface area contributed by atoms with Crippen molar-refractivity contribution >= 4 is 12.4 Å². The molecule has 2 unspecified atom stereocenters. The summed E-state index contributed by atoms with van der Waals surface area (Å²) in [5.41, 5.74) is 5.76. The molecular weight excluding hydrogens is 285 g/mol. The lowest BCUT2D eigenvalue weighted by atomic mass is 10.1. The van der Waals surface area contributed by atoms with Gasteiger partial charge in [-0.05, 0) is 19.1 Å². The zero-order chi connectivity index (χ0) is 13.8. The van der Waals surface area contributed by atoms with E-state index in [1.807, 2.05) is 13.8 Å². The normalized spacial score (nSPS) is 13.4. The van der Waals surface area contributed by atoms with Crippen molar-refractivity contribution in [1.29, 1.82) is 0 Å². The molecule has 0 bridgehead atoms. The Labute approximate surface area is 122 Å². The van der Waals surface area contributed by atoms with Gasteiger partial charge in [-0.25, -0.2) is 4.39 Å². The zero-order valence-corrected chi connectivity index (χ0v) is 12.1. The number of nitrogens with two attached hydrogens (primary N) is 1. The Balaban J connectivity index is 0.00000200. The maximum absolute atomic E-state index is 12.9. The Morgan fingerprint density at radius 1 is 1.40 bits per heavy atom. The predicted octanol–water partition coefficient (Wildman–Crippen LogP) is 2.66. The number of hydrogen-bond donors (Lipinski definition) is 1. The predicted molar refractivity (Wildman–Crippen MR) is 74.3 cm³/mol. The van der Waals surface area contributed by atoms with Gasteiger partial charge in [0.2, 0.25) is 11.7 Å². The molecule has 0 radical (unpaired) electrons. The second-order valence-corrected chi connectivity index (χ2v) is 4.44. The number of aromatic nitrogens is 2.